The molecule has 1 saturated heterocycles. The lowest BCUT2D eigenvalue weighted by atomic mass is 9.89. The van der Waals surface area contributed by atoms with E-state index in [1.807, 2.05) is 0 Å². The average molecular weight is 300 g/mol. The molecule has 0 bridgehead atoms. The second kappa shape index (κ2) is 4.64. The van der Waals surface area contributed by atoms with Crippen LogP contribution in [0.3, 0.4) is 0 Å². The Morgan fingerprint density at radius 1 is 1.42 bits per heavy atom. The van der Waals surface area contributed by atoms with E-state index < -0.39 is 33.4 Å². The van der Waals surface area contributed by atoms with Gasteiger partial charge >= 0.3 is 21.3 Å². The van der Waals surface area contributed by atoms with E-state index in [2.05, 4.69) is 4.74 Å². The lowest BCUT2D eigenvalue weighted by Gasteiger charge is -2.24. The van der Waals surface area contributed by atoms with E-state index >= 15 is 0 Å². The smallest absolute Gasteiger partial charge is 0.405 e. The van der Waals surface area contributed by atoms with Gasteiger partial charge in [0.1, 0.15) is 0 Å². The molecular weight excluding hydrogens is 286 g/mol. The summed E-state index contributed by atoms with van der Waals surface area (Å²) in [7, 11) is -5.62. The van der Waals surface area contributed by atoms with E-state index in [1.165, 1.54) is 0 Å². The van der Waals surface area contributed by atoms with Gasteiger partial charge in [0.05, 0.1) is 18.1 Å². The van der Waals surface area contributed by atoms with Crippen molar-refractivity contribution < 1.29 is 36.0 Å². The maximum absolute atomic E-state index is 13.2. The van der Waals surface area contributed by atoms with Crippen LogP contribution in [-0.4, -0.2) is 42.5 Å². The summed E-state index contributed by atoms with van der Waals surface area (Å²) in [6, 6.07) is 0. The first-order valence-electron chi connectivity index (χ1n) is 5.83. The molecule has 0 spiro atoms. The molecule has 4 atom stereocenters. The van der Waals surface area contributed by atoms with Gasteiger partial charge in [-0.15, -0.1) is 0 Å². The predicted octanol–water partition coefficient (Wildman–Crippen LogP) is 0.966. The van der Waals surface area contributed by atoms with Crippen LogP contribution in [0.1, 0.15) is 26.2 Å². The highest BCUT2D eigenvalue weighted by Crippen LogP contribution is 2.40. The number of halogens is 2. The van der Waals surface area contributed by atoms with Crippen molar-refractivity contribution in [2.45, 2.75) is 49.8 Å². The normalized spacial score (nSPS) is 32.3. The first-order chi connectivity index (χ1) is 8.63. The minimum Gasteiger partial charge on any atom is -0.455 e. The van der Waals surface area contributed by atoms with Crippen LogP contribution < -0.4 is 0 Å². The molecule has 0 aromatic carbocycles. The molecule has 2 aliphatic rings. The first-order valence-corrected chi connectivity index (χ1v) is 7.27. The Labute approximate surface area is 108 Å². The summed E-state index contributed by atoms with van der Waals surface area (Å²) >= 11 is 0. The van der Waals surface area contributed by atoms with Gasteiger partial charge in [0.2, 0.25) is 0 Å². The molecule has 2 rings (SSSR count). The van der Waals surface area contributed by atoms with Crippen molar-refractivity contribution in [2.75, 3.05) is 0 Å². The Balaban J connectivity index is 1.94. The zero-order valence-corrected chi connectivity index (χ0v) is 10.9. The highest BCUT2D eigenvalue weighted by Gasteiger charge is 2.53. The summed E-state index contributed by atoms with van der Waals surface area (Å²) in [6.45, 7) is 0.727. The van der Waals surface area contributed by atoms with Gasteiger partial charge in [-0.25, -0.2) is 0 Å². The third-order valence-corrected chi connectivity index (χ3v) is 4.47. The fourth-order valence-corrected chi connectivity index (χ4v) is 2.63. The molecule has 1 heterocycles. The van der Waals surface area contributed by atoms with Crippen molar-refractivity contribution in [2.24, 2.45) is 5.92 Å². The Morgan fingerprint density at radius 3 is 2.58 bits per heavy atom. The average Bonchev–Trinajstić information content (AvgIpc) is 3.04. The summed E-state index contributed by atoms with van der Waals surface area (Å²) in [5.74, 6) is -1.45. The van der Waals surface area contributed by atoms with Gasteiger partial charge in [0, 0.05) is 0 Å². The van der Waals surface area contributed by atoms with Gasteiger partial charge in [-0.05, 0) is 26.2 Å². The summed E-state index contributed by atoms with van der Waals surface area (Å²) in [6.07, 6.45) is -0.594. The number of hydrogen-bond donors (Lipinski definition) is 1. The number of fused-ring (bicyclic) bond motifs is 1. The van der Waals surface area contributed by atoms with E-state index in [1.54, 1.807) is 0 Å². The lowest BCUT2D eigenvalue weighted by Crippen LogP contribution is -2.43. The van der Waals surface area contributed by atoms with Crippen molar-refractivity contribution in [3.63, 3.8) is 0 Å². The third-order valence-electron chi connectivity index (χ3n) is 3.45. The van der Waals surface area contributed by atoms with Crippen molar-refractivity contribution in [1.29, 1.82) is 0 Å². The quantitative estimate of drug-likeness (QED) is 0.472. The number of alkyl halides is 2. The van der Waals surface area contributed by atoms with Crippen LogP contribution in [0.2, 0.25) is 0 Å². The van der Waals surface area contributed by atoms with Gasteiger partial charge in [-0.1, -0.05) is 0 Å². The Hall–Kier alpha value is -0.800. The molecular formula is C10H14F2O6S. The minimum atomic E-state index is -5.62. The number of esters is 1. The van der Waals surface area contributed by atoms with E-state index in [9.17, 15) is 22.0 Å². The molecule has 1 aliphatic carbocycles. The molecule has 6 nitrogen and oxygen atoms in total. The van der Waals surface area contributed by atoms with Crippen LogP contribution in [0.15, 0.2) is 0 Å². The van der Waals surface area contributed by atoms with Gasteiger partial charge in [0.15, 0.2) is 6.10 Å². The number of carbonyl (C=O) groups excluding carboxylic acids is 1. The number of hydrogen-bond acceptors (Lipinski definition) is 5. The van der Waals surface area contributed by atoms with Crippen molar-refractivity contribution in [3.05, 3.63) is 0 Å². The molecule has 1 N–H and O–H groups in total. The summed E-state index contributed by atoms with van der Waals surface area (Å²) in [4.78, 5) is 11.7. The summed E-state index contributed by atoms with van der Waals surface area (Å²) in [5.41, 5.74) is 0. The Morgan fingerprint density at radius 2 is 2.05 bits per heavy atom. The minimum absolute atomic E-state index is 0.0244. The molecule has 1 saturated carbocycles. The van der Waals surface area contributed by atoms with Crippen LogP contribution in [0, 0.1) is 5.92 Å². The van der Waals surface area contributed by atoms with E-state index in [4.69, 9.17) is 9.29 Å². The molecule has 110 valence electrons. The summed E-state index contributed by atoms with van der Waals surface area (Å²) in [5, 5.41) is -4.52. The molecule has 19 heavy (non-hydrogen) atoms. The maximum Gasteiger partial charge on any atom is 0.405 e. The highest BCUT2D eigenvalue weighted by molar-refractivity contribution is 7.86. The Bertz CT molecular complexity index is 476. The molecule has 0 radical (unpaired) electrons. The monoisotopic (exact) mass is 300 g/mol. The van der Waals surface area contributed by atoms with Crippen LogP contribution in [0.4, 0.5) is 8.78 Å². The number of epoxide rings is 1. The summed E-state index contributed by atoms with van der Waals surface area (Å²) < 4.78 is 65.5. The van der Waals surface area contributed by atoms with E-state index in [-0.39, 0.29) is 12.2 Å². The second-order valence-electron chi connectivity index (χ2n) is 4.84. The largest absolute Gasteiger partial charge is 0.455 e. The van der Waals surface area contributed by atoms with Gasteiger partial charge < -0.3 is 9.47 Å². The number of carbonyl (C=O) groups is 1. The topological polar surface area (TPSA) is 93.2 Å². The molecule has 0 aromatic heterocycles. The van der Waals surface area contributed by atoms with E-state index in [0.29, 0.717) is 19.3 Å². The molecule has 0 aromatic rings. The first kappa shape index (κ1) is 14.6. The number of ether oxygens (including phenoxy) is 2. The maximum atomic E-state index is 13.2. The fraction of sp³-hybridized carbons (Fsp3) is 0.900. The van der Waals surface area contributed by atoms with Crippen LogP contribution in [-0.2, 0) is 24.4 Å². The van der Waals surface area contributed by atoms with Crippen molar-refractivity contribution in [1.82, 2.24) is 0 Å². The van der Waals surface area contributed by atoms with Crippen LogP contribution in [0.5, 0.6) is 0 Å². The van der Waals surface area contributed by atoms with E-state index in [0.717, 1.165) is 6.92 Å². The SMILES string of the molecule is CC(OC(=O)C1CCC2OC2C1)C(F)(F)S(=O)(=O)O. The lowest BCUT2D eigenvalue weighted by molar-refractivity contribution is -0.165. The zero-order valence-electron chi connectivity index (χ0n) is 10.1. The van der Waals surface area contributed by atoms with Gasteiger partial charge in [-0.2, -0.15) is 17.2 Å². The number of rotatable bonds is 4. The molecule has 2 fully saturated rings. The molecule has 1 aliphatic heterocycles. The van der Waals surface area contributed by atoms with Gasteiger partial charge in [0.25, 0.3) is 0 Å². The Kier molecular flexibility index (Phi) is 3.56. The highest BCUT2D eigenvalue weighted by atomic mass is 32.2. The van der Waals surface area contributed by atoms with Crippen LogP contribution in [0.25, 0.3) is 0 Å². The van der Waals surface area contributed by atoms with Crippen molar-refractivity contribution >= 4 is 16.1 Å². The predicted molar refractivity (Wildman–Crippen MR) is 58.1 cm³/mol. The third kappa shape index (κ3) is 2.87. The van der Waals surface area contributed by atoms with Crippen LogP contribution >= 0.6 is 0 Å². The van der Waals surface area contributed by atoms with Gasteiger partial charge in [-0.3, -0.25) is 9.35 Å². The van der Waals surface area contributed by atoms with Crippen molar-refractivity contribution in [3.8, 4) is 0 Å². The second-order valence-corrected chi connectivity index (χ2v) is 6.33. The fourth-order valence-electron chi connectivity index (χ4n) is 2.17. The zero-order chi connectivity index (χ0) is 14.4. The molecule has 9 heteroatoms. The standard InChI is InChI=1S/C10H14F2O6S/c1-5(10(11,12)19(14,15)16)17-9(13)6-2-3-7-8(4-6)18-7/h5-8H,2-4H2,1H3,(H,14,15,16). The molecule has 0 amide bonds. The molecule has 4 unspecified atom stereocenters.